The van der Waals surface area contributed by atoms with Crippen molar-refractivity contribution in [3.05, 3.63) is 230 Å². The average molecular weight is 799 g/mol. The van der Waals surface area contributed by atoms with E-state index in [-0.39, 0.29) is 5.41 Å². The summed E-state index contributed by atoms with van der Waals surface area (Å²) in [6, 6.07) is 81.5. The SMILES string of the molecule is CC1(C)c2cccc(-c3ccc(-c4c5ccccc5c(-c5cccc(-c6cc7ccccc7c7ccccc67)c5)c5ccccc45)cc3)c2-c2c1c1ccccc1c1ccccc21. The van der Waals surface area contributed by atoms with Gasteiger partial charge >= 0.3 is 0 Å². The first-order valence-corrected chi connectivity index (χ1v) is 22.2. The largest absolute Gasteiger partial charge is 0.0616 e. The molecule has 0 nitrogen and oxygen atoms in total. The maximum atomic E-state index is 2.41. The van der Waals surface area contributed by atoms with Crippen LogP contribution >= 0.6 is 0 Å². The van der Waals surface area contributed by atoms with Gasteiger partial charge in [0.2, 0.25) is 0 Å². The lowest BCUT2D eigenvalue weighted by molar-refractivity contribution is 0.666. The Bertz CT molecular complexity index is 3810. The smallest absolute Gasteiger partial charge is 0.0165 e. The lowest BCUT2D eigenvalue weighted by atomic mass is 9.79. The molecule has 0 saturated heterocycles. The van der Waals surface area contributed by atoms with Gasteiger partial charge in [0.25, 0.3) is 0 Å². The van der Waals surface area contributed by atoms with Gasteiger partial charge in [0.1, 0.15) is 0 Å². The second-order valence-corrected chi connectivity index (χ2v) is 17.9. The van der Waals surface area contributed by atoms with Crippen molar-refractivity contribution in [2.75, 3.05) is 0 Å². The summed E-state index contributed by atoms with van der Waals surface area (Å²) in [6.07, 6.45) is 0. The van der Waals surface area contributed by atoms with E-state index in [1.807, 2.05) is 0 Å². The predicted octanol–water partition coefficient (Wildman–Crippen LogP) is 17.6. The van der Waals surface area contributed by atoms with E-state index in [1.165, 1.54) is 131 Å². The van der Waals surface area contributed by atoms with Gasteiger partial charge in [-0.25, -0.2) is 0 Å². The van der Waals surface area contributed by atoms with Crippen LogP contribution in [0.3, 0.4) is 0 Å². The summed E-state index contributed by atoms with van der Waals surface area (Å²) >= 11 is 0. The molecule has 0 spiro atoms. The summed E-state index contributed by atoms with van der Waals surface area (Å²) in [6.45, 7) is 4.82. The Morgan fingerprint density at radius 1 is 0.254 bits per heavy atom. The van der Waals surface area contributed by atoms with Crippen LogP contribution in [0, 0.1) is 0 Å². The van der Waals surface area contributed by atoms with Crippen molar-refractivity contribution in [2.45, 2.75) is 19.3 Å². The van der Waals surface area contributed by atoms with Crippen LogP contribution in [0.4, 0.5) is 0 Å². The molecule has 0 aliphatic heterocycles. The Balaban J connectivity index is 0.978. The molecule has 0 fully saturated rings. The zero-order valence-corrected chi connectivity index (χ0v) is 35.3. The molecule has 13 rings (SSSR count). The molecule has 0 unspecified atom stereocenters. The van der Waals surface area contributed by atoms with E-state index in [0.717, 1.165) is 0 Å². The van der Waals surface area contributed by atoms with E-state index in [9.17, 15) is 0 Å². The molecule has 294 valence electrons. The van der Waals surface area contributed by atoms with Crippen molar-refractivity contribution in [1.82, 2.24) is 0 Å². The Labute approximate surface area is 367 Å². The van der Waals surface area contributed by atoms with Gasteiger partial charge in [0.15, 0.2) is 0 Å². The maximum absolute atomic E-state index is 2.41. The molecule has 0 radical (unpaired) electrons. The van der Waals surface area contributed by atoms with Gasteiger partial charge in [-0.3, -0.25) is 0 Å². The number of benzene rings is 12. The van der Waals surface area contributed by atoms with Crippen molar-refractivity contribution in [1.29, 1.82) is 0 Å². The molecule has 0 saturated carbocycles. The van der Waals surface area contributed by atoms with Crippen LogP contribution in [0.1, 0.15) is 25.0 Å². The molecule has 12 aromatic rings. The minimum atomic E-state index is -0.146. The van der Waals surface area contributed by atoms with Crippen LogP contribution in [-0.4, -0.2) is 0 Å². The van der Waals surface area contributed by atoms with Crippen LogP contribution in [-0.2, 0) is 5.41 Å². The highest BCUT2D eigenvalue weighted by Gasteiger charge is 2.39. The highest BCUT2D eigenvalue weighted by Crippen LogP contribution is 2.57. The molecule has 0 heteroatoms. The number of hydrogen-bond donors (Lipinski definition) is 0. The van der Waals surface area contributed by atoms with Crippen molar-refractivity contribution in [3.63, 3.8) is 0 Å². The molecule has 0 atom stereocenters. The van der Waals surface area contributed by atoms with Gasteiger partial charge in [-0.2, -0.15) is 0 Å². The third-order valence-corrected chi connectivity index (χ3v) is 14.2. The summed E-state index contributed by atoms with van der Waals surface area (Å²) in [5, 5.41) is 15.5. The normalized spacial score (nSPS) is 13.0. The Hall–Kier alpha value is -7.80. The van der Waals surface area contributed by atoms with Gasteiger partial charge in [0, 0.05) is 5.41 Å². The van der Waals surface area contributed by atoms with Crippen molar-refractivity contribution in [2.24, 2.45) is 0 Å². The molecule has 63 heavy (non-hydrogen) atoms. The molecular weight excluding hydrogens is 757 g/mol. The average Bonchev–Trinajstić information content (AvgIpc) is 3.59. The molecule has 0 N–H and O–H groups in total. The van der Waals surface area contributed by atoms with Gasteiger partial charge in [-0.05, 0) is 144 Å². The third-order valence-electron chi connectivity index (χ3n) is 14.2. The molecule has 0 bridgehead atoms. The van der Waals surface area contributed by atoms with Crippen LogP contribution in [0.15, 0.2) is 218 Å². The second-order valence-electron chi connectivity index (χ2n) is 17.9. The van der Waals surface area contributed by atoms with Gasteiger partial charge in [0.05, 0.1) is 0 Å². The van der Waals surface area contributed by atoms with Crippen molar-refractivity contribution in [3.8, 4) is 55.6 Å². The first-order chi connectivity index (χ1) is 31.0. The topological polar surface area (TPSA) is 0 Å². The highest BCUT2D eigenvalue weighted by molar-refractivity contribution is 6.23. The molecule has 0 aromatic heterocycles. The monoisotopic (exact) mass is 798 g/mol. The van der Waals surface area contributed by atoms with Gasteiger partial charge in [-0.1, -0.05) is 220 Å². The standard InChI is InChI=1S/C63H42/c1-63(2)57-32-16-31-45(60(57)61-50-25-9-7-22-47(50)48-23-8-14-30-55(48)62(61)63)39-33-35-40(36-34-39)58-51-26-10-12-28-53(51)59(54-29-13-11-27-52(54)58)43-19-15-18-41(37-43)56-38-42-17-3-4-20-44(42)46-21-5-6-24-49(46)56/h3-38H,1-2H3. The number of hydrogen-bond acceptors (Lipinski definition) is 0. The lowest BCUT2D eigenvalue weighted by Crippen LogP contribution is -2.15. The summed E-state index contributed by atoms with van der Waals surface area (Å²) in [5.41, 5.74) is 15.4. The first kappa shape index (κ1) is 35.9. The maximum Gasteiger partial charge on any atom is 0.0165 e. The number of fused-ring (bicyclic) bond motifs is 13. The molecule has 0 amide bonds. The summed E-state index contributed by atoms with van der Waals surface area (Å²) in [4.78, 5) is 0. The summed E-state index contributed by atoms with van der Waals surface area (Å²) in [5.74, 6) is 0. The molecule has 1 aliphatic carbocycles. The quantitative estimate of drug-likeness (QED) is 0.123. The van der Waals surface area contributed by atoms with E-state index in [1.54, 1.807) is 0 Å². The predicted molar refractivity (Wildman–Crippen MR) is 271 cm³/mol. The van der Waals surface area contributed by atoms with Crippen LogP contribution in [0.5, 0.6) is 0 Å². The first-order valence-electron chi connectivity index (χ1n) is 22.2. The zero-order chi connectivity index (χ0) is 41.8. The Morgan fingerprint density at radius 3 is 1.33 bits per heavy atom. The Morgan fingerprint density at radius 2 is 0.698 bits per heavy atom. The van der Waals surface area contributed by atoms with Gasteiger partial charge in [-0.15, -0.1) is 0 Å². The summed E-state index contributed by atoms with van der Waals surface area (Å²) < 4.78 is 0. The Kier molecular flexibility index (Phi) is 7.75. The molecular formula is C63H42. The minimum absolute atomic E-state index is 0.146. The zero-order valence-electron chi connectivity index (χ0n) is 35.3. The van der Waals surface area contributed by atoms with E-state index in [4.69, 9.17) is 0 Å². The van der Waals surface area contributed by atoms with Gasteiger partial charge < -0.3 is 0 Å². The molecule has 0 heterocycles. The fourth-order valence-corrected chi connectivity index (χ4v) is 11.5. The van der Waals surface area contributed by atoms with Crippen LogP contribution in [0.2, 0.25) is 0 Å². The summed E-state index contributed by atoms with van der Waals surface area (Å²) in [7, 11) is 0. The molecule has 12 aromatic carbocycles. The van der Waals surface area contributed by atoms with E-state index >= 15 is 0 Å². The molecule has 1 aliphatic rings. The highest BCUT2D eigenvalue weighted by atomic mass is 14.4. The van der Waals surface area contributed by atoms with E-state index in [0.29, 0.717) is 0 Å². The third kappa shape index (κ3) is 5.22. The van der Waals surface area contributed by atoms with Crippen molar-refractivity contribution >= 4 is 64.6 Å². The van der Waals surface area contributed by atoms with E-state index in [2.05, 4.69) is 232 Å². The van der Waals surface area contributed by atoms with Crippen molar-refractivity contribution < 1.29 is 0 Å². The lowest BCUT2D eigenvalue weighted by Gasteiger charge is -2.24. The fraction of sp³-hybridized carbons (Fsp3) is 0.0476. The van der Waals surface area contributed by atoms with Crippen LogP contribution in [0.25, 0.3) is 120 Å². The number of rotatable bonds is 4. The fourth-order valence-electron chi connectivity index (χ4n) is 11.5. The minimum Gasteiger partial charge on any atom is -0.0616 e. The second kappa shape index (κ2) is 13.6. The van der Waals surface area contributed by atoms with E-state index < -0.39 is 0 Å². The van der Waals surface area contributed by atoms with Crippen LogP contribution < -0.4 is 0 Å².